The number of benzene rings is 1. The highest BCUT2D eigenvalue weighted by molar-refractivity contribution is 7.89. The third-order valence-electron chi connectivity index (χ3n) is 8.07. The molecule has 174 valence electrons. The second-order valence-electron chi connectivity index (χ2n) is 10.3. The van der Waals surface area contributed by atoms with E-state index in [4.69, 9.17) is 11.6 Å². The molecule has 1 N–H and O–H groups in total. The molecule has 1 aromatic carbocycles. The van der Waals surface area contributed by atoms with Crippen LogP contribution in [0.2, 0.25) is 5.02 Å². The van der Waals surface area contributed by atoms with E-state index >= 15 is 0 Å². The van der Waals surface area contributed by atoms with Crippen LogP contribution < -0.4 is 5.32 Å². The fraction of sp³-hybridized carbons (Fsp3) is 0.682. The van der Waals surface area contributed by atoms with E-state index in [0.717, 1.165) is 25.3 Å². The van der Waals surface area contributed by atoms with Gasteiger partial charge in [0, 0.05) is 31.1 Å². The van der Waals surface area contributed by atoms with E-state index in [2.05, 4.69) is 5.32 Å². The lowest BCUT2D eigenvalue weighted by Gasteiger charge is -2.55. The van der Waals surface area contributed by atoms with Gasteiger partial charge in [0.2, 0.25) is 15.9 Å². The Hall–Kier alpha value is -1.71. The number of carbonyl (C=O) groups is 1. The summed E-state index contributed by atoms with van der Waals surface area (Å²) in [6.45, 7) is 1.09. The van der Waals surface area contributed by atoms with Gasteiger partial charge in [-0.3, -0.25) is 14.9 Å². The smallest absolute Gasteiger partial charge is 0.289 e. The first kappa shape index (κ1) is 22.1. The van der Waals surface area contributed by atoms with Crippen LogP contribution in [-0.2, 0) is 14.8 Å². The lowest BCUT2D eigenvalue weighted by molar-refractivity contribution is -0.384. The lowest BCUT2D eigenvalue weighted by atomic mass is 9.49. The van der Waals surface area contributed by atoms with Crippen molar-refractivity contribution in [1.29, 1.82) is 0 Å². The molecular formula is C22H28ClN3O5S. The molecular weight excluding hydrogens is 454 g/mol. The minimum atomic E-state index is -3.86. The van der Waals surface area contributed by atoms with Crippen molar-refractivity contribution < 1.29 is 18.1 Å². The zero-order valence-electron chi connectivity index (χ0n) is 17.8. The summed E-state index contributed by atoms with van der Waals surface area (Å²) in [7, 11) is -3.86. The molecule has 0 aromatic heterocycles. The summed E-state index contributed by atoms with van der Waals surface area (Å²) in [4.78, 5) is 23.5. The monoisotopic (exact) mass is 481 g/mol. The van der Waals surface area contributed by atoms with E-state index in [-0.39, 0.29) is 27.2 Å². The van der Waals surface area contributed by atoms with Crippen molar-refractivity contribution in [3.8, 4) is 0 Å². The summed E-state index contributed by atoms with van der Waals surface area (Å²) in [5, 5.41) is 14.2. The lowest BCUT2D eigenvalue weighted by Crippen LogP contribution is -2.54. The maximum absolute atomic E-state index is 13.2. The van der Waals surface area contributed by atoms with E-state index in [1.54, 1.807) is 0 Å². The molecule has 5 aliphatic rings. The first-order chi connectivity index (χ1) is 15.2. The summed E-state index contributed by atoms with van der Waals surface area (Å²) in [5.41, 5.74) is -0.632. The van der Waals surface area contributed by atoms with Gasteiger partial charge in [0.1, 0.15) is 5.02 Å². The highest BCUT2D eigenvalue weighted by Crippen LogP contribution is 2.60. The molecule has 1 aromatic rings. The van der Waals surface area contributed by atoms with Crippen LogP contribution >= 0.6 is 11.6 Å². The highest BCUT2D eigenvalue weighted by atomic mass is 35.5. The van der Waals surface area contributed by atoms with Gasteiger partial charge in [-0.05, 0) is 80.8 Å². The molecule has 5 fully saturated rings. The zero-order chi connectivity index (χ0) is 22.7. The molecule has 1 heterocycles. The molecule has 10 heteroatoms. The third-order valence-corrected chi connectivity index (χ3v) is 10.3. The molecule has 1 aliphatic heterocycles. The number of carbonyl (C=O) groups excluding carboxylic acids is 1. The molecule has 4 saturated carbocycles. The molecule has 1 unspecified atom stereocenters. The van der Waals surface area contributed by atoms with Crippen LogP contribution in [0.5, 0.6) is 0 Å². The molecule has 32 heavy (non-hydrogen) atoms. The predicted molar refractivity (Wildman–Crippen MR) is 119 cm³/mol. The molecule has 8 nitrogen and oxygen atoms in total. The normalized spacial score (nSPS) is 34.0. The van der Waals surface area contributed by atoms with Crippen molar-refractivity contribution in [2.24, 2.45) is 29.1 Å². The Morgan fingerprint density at radius 3 is 2.41 bits per heavy atom. The Balaban J connectivity index is 1.21. The SMILES string of the molecule is O=C(NCC1CCN(S(=O)(=O)c2ccc(Cl)c([N+](=O)[O-])c2)C1)C12CC3CC(CC(C3)C1)C2. The Kier molecular flexibility index (Phi) is 5.49. The first-order valence-corrected chi connectivity index (χ1v) is 13.2. The number of nitrogens with one attached hydrogen (secondary N) is 1. The Bertz CT molecular complexity index is 1020. The van der Waals surface area contributed by atoms with Crippen molar-refractivity contribution in [3.05, 3.63) is 33.3 Å². The second-order valence-corrected chi connectivity index (χ2v) is 12.6. The standard InChI is InChI=1S/C22H28ClN3O5S/c23-19-2-1-18(8-20(19)26(28)29)32(30,31)25-4-3-14(13-25)12-24-21(27)22-9-15-5-16(10-22)7-17(6-15)11-22/h1-2,8,14-17H,3-7,9-13H2,(H,24,27). The average Bonchev–Trinajstić information content (AvgIpc) is 3.21. The maximum Gasteiger partial charge on any atom is 0.289 e. The van der Waals surface area contributed by atoms with Crippen LogP contribution in [0.25, 0.3) is 0 Å². The molecule has 0 spiro atoms. The van der Waals surface area contributed by atoms with Crippen molar-refractivity contribution in [1.82, 2.24) is 9.62 Å². The number of nitro groups is 1. The molecule has 4 bridgehead atoms. The van der Waals surface area contributed by atoms with Gasteiger partial charge >= 0.3 is 0 Å². The summed E-state index contributed by atoms with van der Waals surface area (Å²) >= 11 is 5.82. The number of halogens is 1. The Morgan fingerprint density at radius 1 is 1.19 bits per heavy atom. The average molecular weight is 482 g/mol. The van der Waals surface area contributed by atoms with Gasteiger partial charge < -0.3 is 5.32 Å². The second kappa shape index (κ2) is 7.95. The summed E-state index contributed by atoms with van der Waals surface area (Å²) in [6, 6.07) is 3.55. The molecule has 0 radical (unpaired) electrons. The van der Waals surface area contributed by atoms with Gasteiger partial charge in [-0.2, -0.15) is 4.31 Å². The van der Waals surface area contributed by atoms with Crippen LogP contribution in [0, 0.1) is 39.2 Å². The van der Waals surface area contributed by atoms with Crippen LogP contribution in [0.15, 0.2) is 23.1 Å². The quantitative estimate of drug-likeness (QED) is 0.493. The molecule has 1 amide bonds. The van der Waals surface area contributed by atoms with Crippen molar-refractivity contribution in [3.63, 3.8) is 0 Å². The van der Waals surface area contributed by atoms with Crippen LogP contribution in [0.1, 0.15) is 44.9 Å². The van der Waals surface area contributed by atoms with Gasteiger partial charge in [0.05, 0.1) is 9.82 Å². The molecule has 1 saturated heterocycles. The van der Waals surface area contributed by atoms with Crippen molar-refractivity contribution in [2.45, 2.75) is 49.8 Å². The van der Waals surface area contributed by atoms with Crippen LogP contribution in [-0.4, -0.2) is 43.2 Å². The largest absolute Gasteiger partial charge is 0.355 e. The minimum Gasteiger partial charge on any atom is -0.355 e. The van der Waals surface area contributed by atoms with E-state index in [1.807, 2.05) is 0 Å². The summed E-state index contributed by atoms with van der Waals surface area (Å²) in [5.74, 6) is 2.28. The number of rotatable bonds is 6. The highest BCUT2D eigenvalue weighted by Gasteiger charge is 2.54. The van der Waals surface area contributed by atoms with E-state index < -0.39 is 20.6 Å². The fourth-order valence-corrected chi connectivity index (χ4v) is 8.68. The maximum atomic E-state index is 13.2. The zero-order valence-corrected chi connectivity index (χ0v) is 19.4. The van der Waals surface area contributed by atoms with Gasteiger partial charge in [0.15, 0.2) is 0 Å². The van der Waals surface area contributed by atoms with Crippen molar-refractivity contribution >= 4 is 33.2 Å². The first-order valence-electron chi connectivity index (χ1n) is 11.4. The summed E-state index contributed by atoms with van der Waals surface area (Å²) < 4.78 is 27.4. The Labute approximate surface area is 192 Å². The Morgan fingerprint density at radius 2 is 1.81 bits per heavy atom. The number of hydrogen-bond acceptors (Lipinski definition) is 5. The number of sulfonamides is 1. The number of nitrogens with zero attached hydrogens (tertiary/aromatic N) is 2. The third kappa shape index (κ3) is 3.82. The fourth-order valence-electron chi connectivity index (χ4n) is 6.94. The van der Waals surface area contributed by atoms with E-state index in [0.29, 0.717) is 43.8 Å². The van der Waals surface area contributed by atoms with E-state index in [1.165, 1.54) is 35.7 Å². The number of amides is 1. The van der Waals surface area contributed by atoms with Crippen LogP contribution in [0.4, 0.5) is 5.69 Å². The molecule has 1 atom stereocenters. The minimum absolute atomic E-state index is 0.0323. The van der Waals surface area contributed by atoms with Crippen LogP contribution in [0.3, 0.4) is 0 Å². The number of nitro benzene ring substituents is 1. The van der Waals surface area contributed by atoms with Gasteiger partial charge in [-0.1, -0.05) is 11.6 Å². The molecule has 4 aliphatic carbocycles. The summed E-state index contributed by atoms with van der Waals surface area (Å²) in [6.07, 6.45) is 7.51. The number of hydrogen-bond donors (Lipinski definition) is 1. The van der Waals surface area contributed by atoms with Gasteiger partial charge in [-0.25, -0.2) is 8.42 Å². The van der Waals surface area contributed by atoms with Gasteiger partial charge in [0.25, 0.3) is 5.69 Å². The van der Waals surface area contributed by atoms with Gasteiger partial charge in [-0.15, -0.1) is 0 Å². The van der Waals surface area contributed by atoms with Crippen molar-refractivity contribution in [2.75, 3.05) is 19.6 Å². The topological polar surface area (TPSA) is 110 Å². The molecule has 6 rings (SSSR count). The predicted octanol–water partition coefficient (Wildman–Crippen LogP) is 3.59. The van der Waals surface area contributed by atoms with E-state index in [9.17, 15) is 23.3 Å².